The van der Waals surface area contributed by atoms with Crippen LogP contribution in [0.15, 0.2) is 24.3 Å². The summed E-state index contributed by atoms with van der Waals surface area (Å²) in [5, 5.41) is 11.8. The number of likely N-dealkylation sites (tertiary alicyclic amines) is 1. The Hall–Kier alpha value is -1.73. The molecule has 116 valence electrons. The van der Waals surface area contributed by atoms with E-state index in [9.17, 15) is 18.7 Å². The second kappa shape index (κ2) is 7.33. The van der Waals surface area contributed by atoms with Crippen molar-refractivity contribution < 1.29 is 23.4 Å². The van der Waals surface area contributed by atoms with Crippen LogP contribution in [-0.2, 0) is 4.79 Å². The molecule has 1 aromatic carbocycles. The Morgan fingerprint density at radius 3 is 2.95 bits per heavy atom. The predicted octanol–water partition coefficient (Wildman–Crippen LogP) is 1.68. The van der Waals surface area contributed by atoms with Gasteiger partial charge < -0.3 is 15.2 Å². The van der Waals surface area contributed by atoms with Crippen molar-refractivity contribution >= 4 is 11.6 Å². The number of alkyl halides is 2. The Morgan fingerprint density at radius 2 is 2.24 bits per heavy atom. The van der Waals surface area contributed by atoms with Crippen LogP contribution in [0.4, 0.5) is 14.5 Å². The number of rotatable bonds is 6. The molecule has 1 aliphatic heterocycles. The third kappa shape index (κ3) is 4.37. The summed E-state index contributed by atoms with van der Waals surface area (Å²) in [7, 11) is 0. The molecular formula is C14H18F2N2O3. The number of aliphatic hydroxyl groups is 1. The van der Waals surface area contributed by atoms with Crippen molar-refractivity contribution in [3.8, 4) is 5.75 Å². The van der Waals surface area contributed by atoms with Crippen LogP contribution in [0.5, 0.6) is 5.75 Å². The van der Waals surface area contributed by atoms with Gasteiger partial charge in [-0.2, -0.15) is 8.78 Å². The first kappa shape index (κ1) is 15.7. The first-order chi connectivity index (χ1) is 10.1. The van der Waals surface area contributed by atoms with Gasteiger partial charge in [-0.15, -0.1) is 0 Å². The number of carbonyl (C=O) groups excluding carboxylic acids is 1. The molecule has 1 aliphatic rings. The number of amides is 1. The number of anilines is 1. The van der Waals surface area contributed by atoms with E-state index < -0.39 is 6.61 Å². The van der Waals surface area contributed by atoms with E-state index in [1.54, 1.807) is 12.1 Å². The summed E-state index contributed by atoms with van der Waals surface area (Å²) in [6, 6.07) is 6.04. The van der Waals surface area contributed by atoms with Gasteiger partial charge in [0.15, 0.2) is 0 Å². The highest BCUT2D eigenvalue weighted by atomic mass is 19.3. The average Bonchev–Trinajstić information content (AvgIpc) is 2.87. The maximum absolute atomic E-state index is 12.3. The Balaban J connectivity index is 1.96. The van der Waals surface area contributed by atoms with Gasteiger partial charge in [0.05, 0.1) is 18.8 Å². The molecule has 1 amide bonds. The standard InChI is InChI=1S/C14H18F2N2O3/c15-14(16)21-12-6-2-1-5-11(12)17-13(20)8-18-7-3-4-10(18)9-19/h1-2,5-6,10,14,19H,3-4,7-9H2,(H,17,20)/t10-/m0/s1. The number of nitrogens with one attached hydrogen (secondary N) is 1. The number of ether oxygens (including phenoxy) is 1. The minimum Gasteiger partial charge on any atom is -0.433 e. The molecule has 2 rings (SSSR count). The molecule has 0 spiro atoms. The SMILES string of the molecule is O=C(CN1CCC[C@H]1CO)Nc1ccccc1OC(F)F. The molecule has 1 saturated heterocycles. The summed E-state index contributed by atoms with van der Waals surface area (Å²) in [5.74, 6) is -0.387. The Morgan fingerprint density at radius 1 is 1.48 bits per heavy atom. The van der Waals surface area contributed by atoms with Gasteiger partial charge in [0.25, 0.3) is 0 Å². The molecule has 0 radical (unpaired) electrons. The highest BCUT2D eigenvalue weighted by molar-refractivity contribution is 5.93. The molecule has 5 nitrogen and oxygen atoms in total. The van der Waals surface area contributed by atoms with Gasteiger partial charge in [-0.1, -0.05) is 12.1 Å². The quantitative estimate of drug-likeness (QED) is 0.839. The van der Waals surface area contributed by atoms with Gasteiger partial charge in [0, 0.05) is 6.04 Å². The van der Waals surface area contributed by atoms with E-state index in [1.807, 2.05) is 4.90 Å². The number of aliphatic hydroxyl groups excluding tert-OH is 1. The third-order valence-electron chi connectivity index (χ3n) is 3.43. The van der Waals surface area contributed by atoms with Crippen LogP contribution in [0.2, 0.25) is 0 Å². The Kier molecular flexibility index (Phi) is 5.46. The number of benzene rings is 1. The van der Waals surface area contributed by atoms with E-state index in [0.29, 0.717) is 0 Å². The first-order valence-corrected chi connectivity index (χ1v) is 6.78. The van der Waals surface area contributed by atoms with Gasteiger partial charge in [-0.25, -0.2) is 0 Å². The van der Waals surface area contributed by atoms with Crippen molar-refractivity contribution in [3.05, 3.63) is 24.3 Å². The maximum Gasteiger partial charge on any atom is 0.387 e. The van der Waals surface area contributed by atoms with Crippen molar-refractivity contribution in [3.63, 3.8) is 0 Å². The van der Waals surface area contributed by atoms with Crippen LogP contribution in [0.25, 0.3) is 0 Å². The summed E-state index contributed by atoms with van der Waals surface area (Å²) in [6.45, 7) is -2.07. The Labute approximate surface area is 121 Å². The summed E-state index contributed by atoms with van der Waals surface area (Å²) in [4.78, 5) is 13.9. The van der Waals surface area contributed by atoms with Gasteiger partial charge in [-0.3, -0.25) is 9.69 Å². The average molecular weight is 300 g/mol. The van der Waals surface area contributed by atoms with Crippen LogP contribution in [0.3, 0.4) is 0 Å². The normalized spacial score (nSPS) is 19.0. The molecule has 0 bridgehead atoms. The van der Waals surface area contributed by atoms with Crippen molar-refractivity contribution in [1.29, 1.82) is 0 Å². The first-order valence-electron chi connectivity index (χ1n) is 6.78. The van der Waals surface area contributed by atoms with E-state index in [1.165, 1.54) is 12.1 Å². The lowest BCUT2D eigenvalue weighted by Gasteiger charge is -2.22. The second-order valence-electron chi connectivity index (χ2n) is 4.87. The minimum absolute atomic E-state index is 0.0108. The molecule has 7 heteroatoms. The maximum atomic E-state index is 12.3. The van der Waals surface area contributed by atoms with Crippen LogP contribution < -0.4 is 10.1 Å². The topological polar surface area (TPSA) is 61.8 Å². The molecule has 1 fully saturated rings. The van der Waals surface area contributed by atoms with Crippen molar-refractivity contribution in [2.75, 3.05) is 25.0 Å². The van der Waals surface area contributed by atoms with E-state index >= 15 is 0 Å². The fraction of sp³-hybridized carbons (Fsp3) is 0.500. The van der Waals surface area contributed by atoms with E-state index in [-0.39, 0.29) is 36.5 Å². The van der Waals surface area contributed by atoms with Crippen LogP contribution in [0.1, 0.15) is 12.8 Å². The second-order valence-corrected chi connectivity index (χ2v) is 4.87. The highest BCUT2D eigenvalue weighted by Crippen LogP contribution is 2.25. The number of para-hydroxylation sites is 2. The zero-order valence-electron chi connectivity index (χ0n) is 11.5. The smallest absolute Gasteiger partial charge is 0.387 e. The van der Waals surface area contributed by atoms with Crippen LogP contribution in [-0.4, -0.2) is 48.3 Å². The lowest BCUT2D eigenvalue weighted by Crippen LogP contribution is -2.38. The number of nitrogens with zero attached hydrogens (tertiary/aromatic N) is 1. The molecule has 21 heavy (non-hydrogen) atoms. The molecule has 1 heterocycles. The number of hydrogen-bond donors (Lipinski definition) is 2. The van der Waals surface area contributed by atoms with Gasteiger partial charge in [0.1, 0.15) is 5.75 Å². The lowest BCUT2D eigenvalue weighted by atomic mass is 10.2. The van der Waals surface area contributed by atoms with Crippen molar-refractivity contribution in [1.82, 2.24) is 4.90 Å². The highest BCUT2D eigenvalue weighted by Gasteiger charge is 2.25. The van der Waals surface area contributed by atoms with E-state index in [0.717, 1.165) is 19.4 Å². The van der Waals surface area contributed by atoms with Crippen molar-refractivity contribution in [2.24, 2.45) is 0 Å². The van der Waals surface area contributed by atoms with Gasteiger partial charge in [-0.05, 0) is 31.5 Å². The lowest BCUT2D eigenvalue weighted by molar-refractivity contribution is -0.117. The zero-order valence-corrected chi connectivity index (χ0v) is 11.5. The van der Waals surface area contributed by atoms with Crippen LogP contribution >= 0.6 is 0 Å². The molecule has 1 aromatic rings. The monoisotopic (exact) mass is 300 g/mol. The number of carbonyl (C=O) groups is 1. The molecule has 2 N–H and O–H groups in total. The summed E-state index contributed by atoms with van der Waals surface area (Å²) in [6.07, 6.45) is 1.79. The van der Waals surface area contributed by atoms with E-state index in [4.69, 9.17) is 0 Å². The van der Waals surface area contributed by atoms with Gasteiger partial charge in [0.2, 0.25) is 5.91 Å². The fourth-order valence-corrected chi connectivity index (χ4v) is 2.45. The molecule has 0 aromatic heterocycles. The summed E-state index contributed by atoms with van der Waals surface area (Å²) >= 11 is 0. The van der Waals surface area contributed by atoms with Crippen molar-refractivity contribution in [2.45, 2.75) is 25.5 Å². The Bertz CT molecular complexity index is 485. The molecule has 0 aliphatic carbocycles. The summed E-state index contributed by atoms with van der Waals surface area (Å²) in [5.41, 5.74) is 0.211. The molecule has 0 saturated carbocycles. The summed E-state index contributed by atoms with van der Waals surface area (Å²) < 4.78 is 28.9. The fourth-order valence-electron chi connectivity index (χ4n) is 2.45. The predicted molar refractivity (Wildman–Crippen MR) is 73.4 cm³/mol. The van der Waals surface area contributed by atoms with E-state index in [2.05, 4.69) is 10.1 Å². The zero-order chi connectivity index (χ0) is 15.2. The minimum atomic E-state index is -2.94. The number of halogens is 2. The molecule has 1 atom stereocenters. The largest absolute Gasteiger partial charge is 0.433 e. The van der Waals surface area contributed by atoms with Crippen LogP contribution in [0, 0.1) is 0 Å². The molecule has 0 unspecified atom stereocenters. The number of hydrogen-bond acceptors (Lipinski definition) is 4. The third-order valence-corrected chi connectivity index (χ3v) is 3.43. The van der Waals surface area contributed by atoms with Gasteiger partial charge >= 0.3 is 6.61 Å². The molecular weight excluding hydrogens is 282 g/mol.